The maximum atomic E-state index is 13.9. The van der Waals surface area contributed by atoms with Crippen molar-refractivity contribution in [3.8, 4) is 0 Å². The van der Waals surface area contributed by atoms with Gasteiger partial charge in [0.2, 0.25) is 5.91 Å². The lowest BCUT2D eigenvalue weighted by molar-refractivity contribution is -0.149. The highest BCUT2D eigenvalue weighted by Gasteiger charge is 2.27. The van der Waals surface area contributed by atoms with Gasteiger partial charge in [0.1, 0.15) is 6.61 Å². The van der Waals surface area contributed by atoms with Crippen molar-refractivity contribution in [1.82, 2.24) is 10.2 Å². The molecule has 1 unspecified atom stereocenters. The van der Waals surface area contributed by atoms with Crippen LogP contribution in [0.5, 0.6) is 0 Å². The minimum Gasteiger partial charge on any atom is -0.365 e. The smallest absolute Gasteiger partial charge is 0.248 e. The molecule has 31 heavy (non-hydrogen) atoms. The molecule has 0 spiro atoms. The van der Waals surface area contributed by atoms with Gasteiger partial charge in [-0.15, -0.1) is 12.4 Å². The molecule has 0 radical (unpaired) electrons. The van der Waals surface area contributed by atoms with Crippen LogP contribution in [-0.4, -0.2) is 43.2 Å². The summed E-state index contributed by atoms with van der Waals surface area (Å²) < 4.78 is 33.0. The van der Waals surface area contributed by atoms with Crippen LogP contribution in [0.1, 0.15) is 11.1 Å². The van der Waals surface area contributed by atoms with Crippen LogP contribution in [0, 0.1) is 11.6 Å². The second kappa shape index (κ2) is 10.7. The number of nitrogens with one attached hydrogen (secondary N) is 1. The molecule has 1 saturated heterocycles. The Balaban J connectivity index is 0.00000272. The van der Waals surface area contributed by atoms with Crippen LogP contribution < -0.4 is 5.32 Å². The second-order valence-corrected chi connectivity index (χ2v) is 7.51. The van der Waals surface area contributed by atoms with Crippen LogP contribution in [0.2, 0.25) is 0 Å². The van der Waals surface area contributed by atoms with E-state index in [4.69, 9.17) is 4.74 Å². The van der Waals surface area contributed by atoms with Crippen molar-refractivity contribution in [2.45, 2.75) is 19.1 Å². The molecule has 4 rings (SSSR count). The fourth-order valence-corrected chi connectivity index (χ4v) is 3.83. The largest absolute Gasteiger partial charge is 0.365 e. The Hall–Kier alpha value is -2.54. The number of carbonyl (C=O) groups is 1. The molecule has 1 heterocycles. The fraction of sp³-hybridized carbons (Fsp3) is 0.292. The van der Waals surface area contributed by atoms with E-state index in [-0.39, 0.29) is 43.1 Å². The van der Waals surface area contributed by atoms with E-state index in [1.807, 2.05) is 12.1 Å². The van der Waals surface area contributed by atoms with Crippen LogP contribution in [0.4, 0.5) is 8.78 Å². The van der Waals surface area contributed by atoms with E-state index >= 15 is 0 Å². The maximum Gasteiger partial charge on any atom is 0.248 e. The van der Waals surface area contributed by atoms with Gasteiger partial charge >= 0.3 is 0 Å². The van der Waals surface area contributed by atoms with Crippen LogP contribution in [0.3, 0.4) is 0 Å². The van der Waals surface area contributed by atoms with Gasteiger partial charge < -0.3 is 15.0 Å². The summed E-state index contributed by atoms with van der Waals surface area (Å²) in [7, 11) is 0. The molecule has 1 amide bonds. The van der Waals surface area contributed by atoms with E-state index in [0.29, 0.717) is 13.1 Å². The van der Waals surface area contributed by atoms with Gasteiger partial charge in [-0.2, -0.15) is 0 Å². The summed E-state index contributed by atoms with van der Waals surface area (Å²) in [6.07, 6.45) is 0.692. The maximum absolute atomic E-state index is 13.9. The Bertz CT molecular complexity index is 1040. The number of morpholine rings is 1. The Morgan fingerprint density at radius 1 is 1.00 bits per heavy atom. The third-order valence-electron chi connectivity index (χ3n) is 5.44. The topological polar surface area (TPSA) is 41.6 Å². The molecule has 4 nitrogen and oxygen atoms in total. The van der Waals surface area contributed by atoms with E-state index in [1.54, 1.807) is 0 Å². The van der Waals surface area contributed by atoms with Gasteiger partial charge in [-0.25, -0.2) is 8.78 Å². The third kappa shape index (κ3) is 5.58. The van der Waals surface area contributed by atoms with Crippen LogP contribution >= 0.6 is 12.4 Å². The first kappa shape index (κ1) is 23.1. The highest BCUT2D eigenvalue weighted by atomic mass is 35.5. The van der Waals surface area contributed by atoms with E-state index < -0.39 is 11.6 Å². The van der Waals surface area contributed by atoms with Crippen molar-refractivity contribution in [2.24, 2.45) is 0 Å². The molecular formula is C24H25ClF2N2O2. The number of carbonyl (C=O) groups excluding carboxylic acids is 1. The molecule has 1 atom stereocenters. The predicted octanol–water partition coefficient (Wildman–Crippen LogP) is 4.10. The number of fused-ring (bicyclic) bond motifs is 1. The van der Waals surface area contributed by atoms with E-state index in [0.717, 1.165) is 19.0 Å². The van der Waals surface area contributed by atoms with Gasteiger partial charge in [0.05, 0.1) is 6.10 Å². The molecule has 1 N–H and O–H groups in total. The Morgan fingerprint density at radius 3 is 2.61 bits per heavy atom. The number of rotatable bonds is 7. The molecule has 0 bridgehead atoms. The Morgan fingerprint density at radius 2 is 1.74 bits per heavy atom. The first-order valence-electron chi connectivity index (χ1n) is 10.1. The summed E-state index contributed by atoms with van der Waals surface area (Å²) in [5.41, 5.74) is 1.46. The first-order chi connectivity index (χ1) is 14.6. The molecule has 1 aliphatic heterocycles. The normalized spacial score (nSPS) is 16.4. The summed E-state index contributed by atoms with van der Waals surface area (Å²) in [4.78, 5) is 13.7. The zero-order valence-electron chi connectivity index (χ0n) is 17.0. The van der Waals surface area contributed by atoms with Crippen molar-refractivity contribution in [1.29, 1.82) is 0 Å². The number of amides is 1. The standard InChI is InChI=1S/C24H24F2N2O2.ClH/c25-22-10-4-8-19(24(22)26)14-28-15-20(30-16-23(28)29)13-27-12-11-18-7-3-6-17-5-1-2-9-21(17)18;/h1-10,20,27H,11-16H2;1H. The van der Waals surface area contributed by atoms with Gasteiger partial charge in [-0.3, -0.25) is 4.79 Å². The van der Waals surface area contributed by atoms with Crippen LogP contribution in [0.15, 0.2) is 60.7 Å². The Labute approximate surface area is 186 Å². The van der Waals surface area contributed by atoms with Crippen LogP contribution in [0.25, 0.3) is 10.8 Å². The first-order valence-corrected chi connectivity index (χ1v) is 10.1. The molecule has 1 aliphatic rings. The molecule has 164 valence electrons. The summed E-state index contributed by atoms with van der Waals surface area (Å²) >= 11 is 0. The van der Waals surface area contributed by atoms with Crippen LogP contribution in [-0.2, 0) is 22.5 Å². The number of halogens is 3. The summed E-state index contributed by atoms with van der Waals surface area (Å²) in [5, 5.41) is 5.87. The van der Waals surface area contributed by atoms with Crippen molar-refractivity contribution in [2.75, 3.05) is 26.2 Å². The molecule has 3 aromatic carbocycles. The monoisotopic (exact) mass is 446 g/mol. The molecule has 1 fully saturated rings. The minimum atomic E-state index is -0.903. The highest BCUT2D eigenvalue weighted by molar-refractivity contribution is 5.86. The van der Waals surface area contributed by atoms with E-state index in [2.05, 4.69) is 35.6 Å². The highest BCUT2D eigenvalue weighted by Crippen LogP contribution is 2.19. The molecule has 0 saturated carbocycles. The van der Waals surface area contributed by atoms with E-state index in [1.165, 1.54) is 33.4 Å². The molecule has 0 aromatic heterocycles. The van der Waals surface area contributed by atoms with E-state index in [9.17, 15) is 13.6 Å². The lowest BCUT2D eigenvalue weighted by Gasteiger charge is -2.33. The molecular weight excluding hydrogens is 422 g/mol. The lowest BCUT2D eigenvalue weighted by atomic mass is 10.0. The summed E-state index contributed by atoms with van der Waals surface area (Å²) in [5.74, 6) is -2.02. The van der Waals surface area contributed by atoms with Gasteiger partial charge in [0, 0.05) is 25.2 Å². The third-order valence-corrected chi connectivity index (χ3v) is 5.44. The van der Waals surface area contributed by atoms with Crippen molar-refractivity contribution < 1.29 is 18.3 Å². The predicted molar refractivity (Wildman–Crippen MR) is 119 cm³/mol. The number of nitrogens with zero attached hydrogens (tertiary/aromatic N) is 1. The quantitative estimate of drug-likeness (QED) is 0.555. The molecule has 3 aromatic rings. The number of ether oxygens (including phenoxy) is 1. The molecule has 0 aliphatic carbocycles. The van der Waals surface area contributed by atoms with Gasteiger partial charge in [-0.1, -0.05) is 54.6 Å². The average Bonchev–Trinajstić information content (AvgIpc) is 2.76. The number of hydrogen-bond donors (Lipinski definition) is 1. The summed E-state index contributed by atoms with van der Waals surface area (Å²) in [6, 6.07) is 18.6. The van der Waals surface area contributed by atoms with Gasteiger partial charge in [0.25, 0.3) is 0 Å². The zero-order valence-corrected chi connectivity index (χ0v) is 17.8. The zero-order chi connectivity index (χ0) is 20.9. The fourth-order valence-electron chi connectivity index (χ4n) is 3.83. The SMILES string of the molecule is Cl.O=C1COC(CNCCc2cccc3ccccc23)CN1Cc1cccc(F)c1F. The second-order valence-electron chi connectivity index (χ2n) is 7.51. The Kier molecular flexibility index (Phi) is 7.96. The lowest BCUT2D eigenvalue weighted by Crippen LogP contribution is -2.49. The average molecular weight is 447 g/mol. The van der Waals surface area contributed by atoms with Gasteiger partial charge in [0.15, 0.2) is 11.6 Å². The number of hydrogen-bond acceptors (Lipinski definition) is 3. The number of benzene rings is 3. The summed E-state index contributed by atoms with van der Waals surface area (Å²) in [6.45, 7) is 1.70. The van der Waals surface area contributed by atoms with Crippen molar-refractivity contribution >= 4 is 29.1 Å². The van der Waals surface area contributed by atoms with Gasteiger partial charge in [-0.05, 0) is 35.4 Å². The van der Waals surface area contributed by atoms with Crippen molar-refractivity contribution in [3.05, 3.63) is 83.4 Å². The molecule has 7 heteroatoms. The van der Waals surface area contributed by atoms with Crippen molar-refractivity contribution in [3.63, 3.8) is 0 Å². The minimum absolute atomic E-state index is 0.